The van der Waals surface area contributed by atoms with Gasteiger partial charge in [0.05, 0.1) is 22.9 Å². The van der Waals surface area contributed by atoms with Gasteiger partial charge in [0.25, 0.3) is 0 Å². The molecule has 0 aliphatic carbocycles. The summed E-state index contributed by atoms with van der Waals surface area (Å²) in [5.41, 5.74) is 3.12. The molecule has 0 atom stereocenters. The SMILES string of the molecule is Cc1cnc(-c2nc3ccc(O)cc3[nH]2)cn1. The lowest BCUT2D eigenvalue weighted by atomic mass is 10.3. The summed E-state index contributed by atoms with van der Waals surface area (Å²) < 4.78 is 0. The number of H-pyrrole nitrogens is 1. The summed E-state index contributed by atoms with van der Waals surface area (Å²) in [5, 5.41) is 9.37. The number of aromatic nitrogens is 4. The first kappa shape index (κ1) is 9.77. The van der Waals surface area contributed by atoms with E-state index in [1.54, 1.807) is 30.6 Å². The largest absolute Gasteiger partial charge is 0.508 e. The van der Waals surface area contributed by atoms with Crippen LogP contribution in [0.2, 0.25) is 0 Å². The number of fused-ring (bicyclic) bond motifs is 1. The van der Waals surface area contributed by atoms with Crippen LogP contribution in [0.5, 0.6) is 5.75 Å². The molecule has 5 nitrogen and oxygen atoms in total. The highest BCUT2D eigenvalue weighted by Crippen LogP contribution is 2.21. The molecule has 0 amide bonds. The molecule has 0 aliphatic heterocycles. The summed E-state index contributed by atoms with van der Waals surface area (Å²) in [5.74, 6) is 0.862. The first-order chi connectivity index (χ1) is 8.22. The molecule has 0 radical (unpaired) electrons. The highest BCUT2D eigenvalue weighted by Gasteiger charge is 2.06. The molecule has 3 rings (SSSR count). The Hall–Kier alpha value is -2.43. The van der Waals surface area contributed by atoms with E-state index in [0.29, 0.717) is 11.5 Å². The van der Waals surface area contributed by atoms with Gasteiger partial charge in [-0.25, -0.2) is 9.97 Å². The van der Waals surface area contributed by atoms with Crippen LogP contribution in [0.3, 0.4) is 0 Å². The molecule has 2 heterocycles. The van der Waals surface area contributed by atoms with Crippen molar-refractivity contribution in [2.75, 3.05) is 0 Å². The van der Waals surface area contributed by atoms with Crippen molar-refractivity contribution in [3.63, 3.8) is 0 Å². The molecule has 17 heavy (non-hydrogen) atoms. The van der Waals surface area contributed by atoms with Crippen molar-refractivity contribution in [1.82, 2.24) is 19.9 Å². The minimum absolute atomic E-state index is 0.211. The van der Waals surface area contributed by atoms with Crippen LogP contribution in [0, 0.1) is 6.92 Å². The molecule has 3 aromatic rings. The van der Waals surface area contributed by atoms with E-state index in [9.17, 15) is 5.11 Å². The lowest BCUT2D eigenvalue weighted by molar-refractivity contribution is 0.476. The first-order valence-electron chi connectivity index (χ1n) is 5.20. The number of nitrogens with one attached hydrogen (secondary N) is 1. The average molecular weight is 226 g/mol. The quantitative estimate of drug-likeness (QED) is 0.665. The van der Waals surface area contributed by atoms with Crippen LogP contribution in [0.15, 0.2) is 30.6 Å². The van der Waals surface area contributed by atoms with Crippen molar-refractivity contribution in [2.45, 2.75) is 6.92 Å². The molecule has 0 saturated heterocycles. The minimum Gasteiger partial charge on any atom is -0.508 e. The van der Waals surface area contributed by atoms with Gasteiger partial charge in [-0.2, -0.15) is 0 Å². The number of benzene rings is 1. The van der Waals surface area contributed by atoms with Gasteiger partial charge in [-0.15, -0.1) is 0 Å². The number of phenolic OH excluding ortho intramolecular Hbond substituents is 1. The van der Waals surface area contributed by atoms with Crippen molar-refractivity contribution >= 4 is 11.0 Å². The fourth-order valence-corrected chi connectivity index (χ4v) is 1.63. The Morgan fingerprint density at radius 1 is 1.18 bits per heavy atom. The number of rotatable bonds is 1. The fraction of sp³-hybridized carbons (Fsp3) is 0.0833. The Balaban J connectivity index is 2.14. The third-order valence-electron chi connectivity index (χ3n) is 2.49. The molecule has 2 aromatic heterocycles. The summed E-state index contributed by atoms with van der Waals surface area (Å²) in [4.78, 5) is 15.9. The average Bonchev–Trinajstić information content (AvgIpc) is 2.72. The van der Waals surface area contributed by atoms with E-state index in [0.717, 1.165) is 16.7 Å². The molecule has 1 aromatic carbocycles. The van der Waals surface area contributed by atoms with Crippen molar-refractivity contribution in [1.29, 1.82) is 0 Å². The Kier molecular flexibility index (Phi) is 2.04. The molecule has 2 N–H and O–H groups in total. The Morgan fingerprint density at radius 2 is 2.06 bits per heavy atom. The van der Waals surface area contributed by atoms with Crippen molar-refractivity contribution in [3.05, 3.63) is 36.3 Å². The van der Waals surface area contributed by atoms with Crippen LogP contribution in [0.4, 0.5) is 0 Å². The topological polar surface area (TPSA) is 74.7 Å². The Labute approximate surface area is 97.2 Å². The highest BCUT2D eigenvalue weighted by molar-refractivity contribution is 5.79. The summed E-state index contributed by atoms with van der Waals surface area (Å²) in [6, 6.07) is 4.99. The summed E-state index contributed by atoms with van der Waals surface area (Å²) in [6.45, 7) is 1.88. The highest BCUT2D eigenvalue weighted by atomic mass is 16.3. The number of hydrogen-bond donors (Lipinski definition) is 2. The van der Waals surface area contributed by atoms with Crippen molar-refractivity contribution in [2.24, 2.45) is 0 Å². The standard InChI is InChI=1S/C12H10N4O/c1-7-5-14-11(6-13-7)12-15-9-3-2-8(17)4-10(9)16-12/h2-6,17H,1H3,(H,15,16). The van der Waals surface area contributed by atoms with E-state index in [-0.39, 0.29) is 5.75 Å². The van der Waals surface area contributed by atoms with E-state index in [2.05, 4.69) is 19.9 Å². The zero-order valence-electron chi connectivity index (χ0n) is 9.18. The van der Waals surface area contributed by atoms with Crippen LogP contribution in [-0.2, 0) is 0 Å². The molecule has 5 heteroatoms. The maximum atomic E-state index is 9.37. The van der Waals surface area contributed by atoms with Gasteiger partial charge in [0.2, 0.25) is 0 Å². The van der Waals surface area contributed by atoms with Gasteiger partial charge in [0, 0.05) is 12.3 Å². The molecule has 0 bridgehead atoms. The molecule has 0 saturated carbocycles. The zero-order chi connectivity index (χ0) is 11.8. The third-order valence-corrected chi connectivity index (χ3v) is 2.49. The monoisotopic (exact) mass is 226 g/mol. The number of aromatic amines is 1. The predicted octanol–water partition coefficient (Wildman–Crippen LogP) is 2.03. The molecule has 0 aliphatic rings. The Bertz CT molecular complexity index is 673. The van der Waals surface area contributed by atoms with E-state index < -0.39 is 0 Å². The molecular weight excluding hydrogens is 216 g/mol. The number of nitrogens with zero attached hydrogens (tertiary/aromatic N) is 3. The van der Waals surface area contributed by atoms with Gasteiger partial charge in [-0.1, -0.05) is 0 Å². The van der Waals surface area contributed by atoms with Crippen molar-refractivity contribution < 1.29 is 5.11 Å². The number of imidazole rings is 1. The number of phenols is 1. The molecular formula is C12H10N4O. The van der Waals surface area contributed by atoms with Gasteiger partial charge in [-0.3, -0.25) is 4.98 Å². The van der Waals surface area contributed by atoms with Gasteiger partial charge >= 0.3 is 0 Å². The van der Waals surface area contributed by atoms with E-state index in [1.165, 1.54) is 0 Å². The minimum atomic E-state index is 0.211. The molecule has 0 fully saturated rings. The third kappa shape index (κ3) is 1.71. The summed E-state index contributed by atoms with van der Waals surface area (Å²) in [6.07, 6.45) is 3.37. The second-order valence-electron chi connectivity index (χ2n) is 3.83. The molecule has 0 spiro atoms. The lowest BCUT2D eigenvalue weighted by Gasteiger charge is -1.94. The predicted molar refractivity (Wildman–Crippen MR) is 63.5 cm³/mol. The van der Waals surface area contributed by atoms with Crippen LogP contribution in [-0.4, -0.2) is 25.0 Å². The molecule has 84 valence electrons. The molecule has 0 unspecified atom stereocenters. The maximum Gasteiger partial charge on any atom is 0.158 e. The normalized spacial score (nSPS) is 10.9. The summed E-state index contributed by atoms with van der Waals surface area (Å²) >= 11 is 0. The lowest BCUT2D eigenvalue weighted by Crippen LogP contribution is -1.89. The van der Waals surface area contributed by atoms with Crippen molar-refractivity contribution in [3.8, 4) is 17.3 Å². The van der Waals surface area contributed by atoms with Crippen LogP contribution < -0.4 is 0 Å². The van der Waals surface area contributed by atoms with E-state index in [1.807, 2.05) is 6.92 Å². The number of hydrogen-bond acceptors (Lipinski definition) is 4. The van der Waals surface area contributed by atoms with Gasteiger partial charge in [0.15, 0.2) is 5.82 Å². The van der Waals surface area contributed by atoms with Gasteiger partial charge < -0.3 is 10.1 Å². The van der Waals surface area contributed by atoms with Gasteiger partial charge in [-0.05, 0) is 19.1 Å². The number of aromatic hydroxyl groups is 1. The first-order valence-corrected chi connectivity index (χ1v) is 5.20. The summed E-state index contributed by atoms with van der Waals surface area (Å²) in [7, 11) is 0. The second-order valence-corrected chi connectivity index (χ2v) is 3.83. The fourth-order valence-electron chi connectivity index (χ4n) is 1.63. The van der Waals surface area contributed by atoms with Crippen LogP contribution in [0.1, 0.15) is 5.69 Å². The smallest absolute Gasteiger partial charge is 0.158 e. The Morgan fingerprint density at radius 3 is 2.82 bits per heavy atom. The van der Waals surface area contributed by atoms with Gasteiger partial charge in [0.1, 0.15) is 11.4 Å². The van der Waals surface area contributed by atoms with Crippen LogP contribution in [0.25, 0.3) is 22.6 Å². The zero-order valence-corrected chi connectivity index (χ0v) is 9.18. The van der Waals surface area contributed by atoms with Crippen LogP contribution >= 0.6 is 0 Å². The van der Waals surface area contributed by atoms with E-state index >= 15 is 0 Å². The number of aryl methyl sites for hydroxylation is 1. The second kappa shape index (κ2) is 3.55. The maximum absolute atomic E-state index is 9.37. The van der Waals surface area contributed by atoms with E-state index in [4.69, 9.17) is 0 Å².